The Morgan fingerprint density at radius 1 is 1.70 bits per heavy atom. The highest BCUT2D eigenvalue weighted by molar-refractivity contribution is 7.89. The van der Waals surface area contributed by atoms with E-state index in [0.717, 1.165) is 0 Å². The minimum atomic E-state index is -3.32. The first-order chi connectivity index (χ1) is 4.67. The van der Waals surface area contributed by atoms with Gasteiger partial charge in [0, 0.05) is 0 Å². The molecule has 0 aromatic carbocycles. The summed E-state index contributed by atoms with van der Waals surface area (Å²) in [5.74, 6) is 0. The predicted molar refractivity (Wildman–Crippen MR) is 34.8 cm³/mol. The Labute approximate surface area is 58.5 Å². The minimum absolute atomic E-state index is 0.0787. The quantitative estimate of drug-likeness (QED) is 0.603. The molecule has 0 spiro atoms. The fourth-order valence-corrected chi connectivity index (χ4v) is 1.14. The van der Waals surface area contributed by atoms with Crippen LogP contribution in [0.15, 0.2) is 17.3 Å². The second-order valence-corrected chi connectivity index (χ2v) is 3.48. The molecule has 0 aliphatic rings. The molecule has 0 saturated carbocycles. The van der Waals surface area contributed by atoms with Crippen molar-refractivity contribution in [3.8, 4) is 0 Å². The van der Waals surface area contributed by atoms with Crippen molar-refractivity contribution >= 4 is 10.0 Å². The zero-order valence-electron chi connectivity index (χ0n) is 5.33. The number of nitrogens with zero attached hydrogens (tertiary/aromatic N) is 1. The van der Waals surface area contributed by atoms with Gasteiger partial charge in [-0.05, 0) is 13.1 Å². The van der Waals surface area contributed by atoms with Gasteiger partial charge in [0.2, 0.25) is 0 Å². The van der Waals surface area contributed by atoms with Crippen LogP contribution in [0.5, 0.6) is 0 Å². The summed E-state index contributed by atoms with van der Waals surface area (Å²) in [7, 11) is -1.98. The number of sulfonamides is 1. The van der Waals surface area contributed by atoms with Crippen LogP contribution in [0.25, 0.3) is 0 Å². The van der Waals surface area contributed by atoms with E-state index in [-0.39, 0.29) is 5.03 Å². The van der Waals surface area contributed by atoms with E-state index in [4.69, 9.17) is 0 Å². The number of aromatic nitrogens is 2. The van der Waals surface area contributed by atoms with Crippen LogP contribution in [0.4, 0.5) is 0 Å². The first kappa shape index (κ1) is 7.23. The normalized spacial score (nSPS) is 11.7. The summed E-state index contributed by atoms with van der Waals surface area (Å²) >= 11 is 0. The molecule has 1 heterocycles. The summed E-state index contributed by atoms with van der Waals surface area (Å²) in [4.78, 5) is 0. The van der Waals surface area contributed by atoms with Crippen LogP contribution in [0.1, 0.15) is 0 Å². The molecule has 0 radical (unpaired) electrons. The van der Waals surface area contributed by atoms with Crippen molar-refractivity contribution in [2.45, 2.75) is 5.03 Å². The van der Waals surface area contributed by atoms with E-state index in [1.54, 1.807) is 0 Å². The van der Waals surface area contributed by atoms with E-state index < -0.39 is 10.0 Å². The number of aromatic amines is 1. The summed E-state index contributed by atoms with van der Waals surface area (Å²) in [5.41, 5.74) is 0. The number of H-pyrrole nitrogens is 1. The van der Waals surface area contributed by atoms with Gasteiger partial charge < -0.3 is 0 Å². The molecule has 1 rings (SSSR count). The molecular formula is C4H7N3O2S. The molecule has 0 aliphatic carbocycles. The SMILES string of the molecule is CNS(=O)(=O)c1ccn[nH]1. The van der Waals surface area contributed by atoms with E-state index in [1.807, 2.05) is 0 Å². The van der Waals surface area contributed by atoms with Gasteiger partial charge in [-0.25, -0.2) is 13.1 Å². The van der Waals surface area contributed by atoms with E-state index >= 15 is 0 Å². The van der Waals surface area contributed by atoms with Gasteiger partial charge in [-0.1, -0.05) is 0 Å². The third-order valence-corrected chi connectivity index (χ3v) is 2.38. The van der Waals surface area contributed by atoms with Crippen molar-refractivity contribution in [2.24, 2.45) is 0 Å². The van der Waals surface area contributed by atoms with Crippen molar-refractivity contribution in [3.05, 3.63) is 12.3 Å². The maximum Gasteiger partial charge on any atom is 0.257 e. The smallest absolute Gasteiger partial charge is 0.257 e. The molecule has 0 fully saturated rings. The molecule has 0 bridgehead atoms. The van der Waals surface area contributed by atoms with Crippen LogP contribution in [0, 0.1) is 0 Å². The first-order valence-corrected chi connectivity index (χ1v) is 4.08. The van der Waals surface area contributed by atoms with E-state index in [9.17, 15) is 8.42 Å². The Bertz CT molecular complexity index is 288. The largest absolute Gasteiger partial charge is 0.266 e. The lowest BCUT2D eigenvalue weighted by Gasteiger charge is -1.94. The summed E-state index contributed by atoms with van der Waals surface area (Å²) < 4.78 is 23.9. The summed E-state index contributed by atoms with van der Waals surface area (Å²) in [6, 6.07) is 1.38. The highest BCUT2D eigenvalue weighted by atomic mass is 32.2. The van der Waals surface area contributed by atoms with Crippen LogP contribution in [-0.4, -0.2) is 25.7 Å². The topological polar surface area (TPSA) is 74.8 Å². The Balaban J connectivity index is 3.09. The van der Waals surface area contributed by atoms with E-state index in [1.165, 1.54) is 19.3 Å². The average Bonchev–Trinajstić information content (AvgIpc) is 2.38. The van der Waals surface area contributed by atoms with Crippen molar-refractivity contribution < 1.29 is 8.42 Å². The zero-order valence-corrected chi connectivity index (χ0v) is 6.14. The van der Waals surface area contributed by atoms with Crippen LogP contribution >= 0.6 is 0 Å². The number of rotatable bonds is 2. The standard InChI is InChI=1S/C4H7N3O2S/c1-5-10(8,9)4-2-3-6-7-4/h2-3,5H,1H3,(H,6,7). The highest BCUT2D eigenvalue weighted by Crippen LogP contribution is 1.99. The molecule has 10 heavy (non-hydrogen) atoms. The van der Waals surface area contributed by atoms with Crippen molar-refractivity contribution in [1.29, 1.82) is 0 Å². The monoisotopic (exact) mass is 161 g/mol. The molecule has 56 valence electrons. The van der Waals surface area contributed by atoms with Crippen molar-refractivity contribution in [3.63, 3.8) is 0 Å². The molecule has 2 N–H and O–H groups in total. The molecule has 1 aromatic heterocycles. The molecule has 0 unspecified atom stereocenters. The van der Waals surface area contributed by atoms with E-state index in [2.05, 4.69) is 14.9 Å². The Hall–Kier alpha value is -0.880. The lowest BCUT2D eigenvalue weighted by atomic mass is 10.8. The molecular weight excluding hydrogens is 154 g/mol. The number of nitrogens with one attached hydrogen (secondary N) is 2. The molecule has 5 nitrogen and oxygen atoms in total. The Kier molecular flexibility index (Phi) is 1.73. The highest BCUT2D eigenvalue weighted by Gasteiger charge is 2.10. The maximum atomic E-state index is 10.9. The van der Waals surface area contributed by atoms with Gasteiger partial charge in [0.05, 0.1) is 6.20 Å². The molecule has 6 heteroatoms. The third kappa shape index (κ3) is 1.17. The van der Waals surface area contributed by atoms with Crippen LogP contribution in [0.2, 0.25) is 0 Å². The van der Waals surface area contributed by atoms with Gasteiger partial charge in [-0.2, -0.15) is 5.10 Å². The van der Waals surface area contributed by atoms with Crippen LogP contribution in [0.3, 0.4) is 0 Å². The maximum absolute atomic E-state index is 10.9. The molecule has 1 aromatic rings. The average molecular weight is 161 g/mol. The van der Waals surface area contributed by atoms with E-state index in [0.29, 0.717) is 0 Å². The first-order valence-electron chi connectivity index (χ1n) is 2.60. The Morgan fingerprint density at radius 3 is 2.80 bits per heavy atom. The van der Waals surface area contributed by atoms with Crippen LogP contribution < -0.4 is 4.72 Å². The molecule has 0 atom stereocenters. The summed E-state index contributed by atoms with van der Waals surface area (Å²) in [6.45, 7) is 0. The number of hydrogen-bond acceptors (Lipinski definition) is 3. The second kappa shape index (κ2) is 2.39. The van der Waals surface area contributed by atoms with Gasteiger partial charge >= 0.3 is 0 Å². The second-order valence-electron chi connectivity index (χ2n) is 1.63. The minimum Gasteiger partial charge on any atom is -0.266 e. The lowest BCUT2D eigenvalue weighted by molar-refractivity contribution is 0.584. The van der Waals surface area contributed by atoms with Gasteiger partial charge in [0.25, 0.3) is 10.0 Å². The summed E-state index contributed by atoms with van der Waals surface area (Å²) in [6.07, 6.45) is 1.38. The van der Waals surface area contributed by atoms with Gasteiger partial charge in [-0.15, -0.1) is 0 Å². The zero-order chi connectivity index (χ0) is 7.61. The fraction of sp³-hybridized carbons (Fsp3) is 0.250. The van der Waals surface area contributed by atoms with Gasteiger partial charge in [-0.3, -0.25) is 5.10 Å². The predicted octanol–water partition coefficient (Wildman–Crippen LogP) is -0.682. The van der Waals surface area contributed by atoms with Crippen LogP contribution in [-0.2, 0) is 10.0 Å². The van der Waals surface area contributed by atoms with Crippen molar-refractivity contribution in [1.82, 2.24) is 14.9 Å². The summed E-state index contributed by atoms with van der Waals surface area (Å²) in [5, 5.41) is 5.90. The molecule has 0 amide bonds. The van der Waals surface area contributed by atoms with Gasteiger partial charge in [0.15, 0.2) is 5.03 Å². The van der Waals surface area contributed by atoms with Crippen molar-refractivity contribution in [2.75, 3.05) is 7.05 Å². The third-order valence-electron chi connectivity index (χ3n) is 1.03. The lowest BCUT2D eigenvalue weighted by Crippen LogP contribution is -2.18. The van der Waals surface area contributed by atoms with Gasteiger partial charge in [0.1, 0.15) is 0 Å². The molecule has 0 aliphatic heterocycles. The molecule has 0 saturated heterocycles. The Morgan fingerprint density at radius 2 is 2.40 bits per heavy atom. The number of hydrogen-bond donors (Lipinski definition) is 2. The fourth-order valence-electron chi connectivity index (χ4n) is 0.503.